The highest BCUT2D eigenvalue weighted by Crippen LogP contribution is 2.24. The smallest absolute Gasteiger partial charge is 0.253 e. The molecule has 2 aliphatic heterocycles. The van der Waals surface area contributed by atoms with Crippen molar-refractivity contribution in [3.8, 4) is 0 Å². The minimum atomic E-state index is -3.79. The first-order valence-corrected chi connectivity index (χ1v) is 12.8. The Labute approximate surface area is 195 Å². The third kappa shape index (κ3) is 5.20. The average molecular weight is 471 g/mol. The lowest BCUT2D eigenvalue weighted by Crippen LogP contribution is -2.52. The first kappa shape index (κ1) is 23.3. The van der Waals surface area contributed by atoms with Gasteiger partial charge in [-0.3, -0.25) is 9.59 Å². The molecule has 9 heteroatoms. The number of carbonyl (C=O) groups excluding carboxylic acids is 2. The van der Waals surface area contributed by atoms with Gasteiger partial charge in [0.2, 0.25) is 15.9 Å². The molecule has 2 amide bonds. The van der Waals surface area contributed by atoms with Gasteiger partial charge in [0.1, 0.15) is 0 Å². The molecule has 2 aromatic carbocycles. The van der Waals surface area contributed by atoms with E-state index in [1.165, 1.54) is 35.5 Å². The second-order valence-corrected chi connectivity index (χ2v) is 10.3. The summed E-state index contributed by atoms with van der Waals surface area (Å²) in [6.45, 7) is 6.19. The van der Waals surface area contributed by atoms with Crippen molar-refractivity contribution in [3.63, 3.8) is 0 Å². The van der Waals surface area contributed by atoms with Crippen LogP contribution in [0.1, 0.15) is 28.8 Å². The average Bonchev–Trinajstić information content (AvgIpc) is 2.83. The van der Waals surface area contributed by atoms with Gasteiger partial charge in [-0.25, -0.2) is 13.6 Å². The third-order valence-corrected chi connectivity index (χ3v) is 7.54. The monoisotopic (exact) mass is 470 g/mol. The molecular formula is C24H30N4O4S. The molecule has 4 rings (SSSR count). The normalized spacial score (nSPS) is 17.8. The van der Waals surface area contributed by atoms with Gasteiger partial charge in [-0.15, -0.1) is 0 Å². The molecule has 2 heterocycles. The molecular weight excluding hydrogens is 440 g/mol. The van der Waals surface area contributed by atoms with Crippen LogP contribution in [-0.4, -0.2) is 69.3 Å². The Kier molecular flexibility index (Phi) is 6.71. The van der Waals surface area contributed by atoms with Crippen molar-refractivity contribution in [3.05, 3.63) is 59.7 Å². The minimum absolute atomic E-state index is 0.0223. The maximum absolute atomic E-state index is 13.1. The van der Waals surface area contributed by atoms with Gasteiger partial charge in [-0.05, 0) is 55.7 Å². The van der Waals surface area contributed by atoms with Crippen molar-refractivity contribution >= 4 is 27.5 Å². The van der Waals surface area contributed by atoms with E-state index in [9.17, 15) is 18.0 Å². The lowest BCUT2D eigenvalue weighted by Gasteiger charge is -2.39. The van der Waals surface area contributed by atoms with Crippen LogP contribution >= 0.6 is 0 Å². The van der Waals surface area contributed by atoms with Crippen LogP contribution in [0, 0.1) is 12.8 Å². The number of para-hydroxylation sites is 1. The van der Waals surface area contributed by atoms with E-state index in [0.29, 0.717) is 44.6 Å². The summed E-state index contributed by atoms with van der Waals surface area (Å²) in [6.07, 6.45) is 1.27. The second-order valence-electron chi connectivity index (χ2n) is 8.73. The molecule has 2 aromatic rings. The van der Waals surface area contributed by atoms with Crippen LogP contribution < -0.4 is 10.0 Å². The number of piperazine rings is 1. The number of likely N-dealkylation sites (tertiary alicyclic amines) is 1. The van der Waals surface area contributed by atoms with Crippen LogP contribution in [0.4, 0.5) is 5.69 Å². The zero-order valence-electron chi connectivity index (χ0n) is 18.8. The number of hydrogen-bond acceptors (Lipinski definition) is 5. The van der Waals surface area contributed by atoms with Crippen molar-refractivity contribution in [1.29, 1.82) is 0 Å². The maximum Gasteiger partial charge on any atom is 0.253 e. The Morgan fingerprint density at radius 3 is 2.03 bits per heavy atom. The first-order chi connectivity index (χ1) is 15.7. The lowest BCUT2D eigenvalue weighted by atomic mass is 9.94. The van der Waals surface area contributed by atoms with E-state index >= 15 is 0 Å². The van der Waals surface area contributed by atoms with Crippen molar-refractivity contribution in [2.24, 2.45) is 11.1 Å². The van der Waals surface area contributed by atoms with Crippen LogP contribution in [0.15, 0.2) is 53.4 Å². The zero-order valence-corrected chi connectivity index (χ0v) is 19.6. The molecule has 0 atom stereocenters. The summed E-state index contributed by atoms with van der Waals surface area (Å²) >= 11 is 0. The highest BCUT2D eigenvalue weighted by molar-refractivity contribution is 7.89. The number of nitrogens with zero attached hydrogens (tertiary/aromatic N) is 3. The maximum atomic E-state index is 13.1. The highest BCUT2D eigenvalue weighted by atomic mass is 32.2. The summed E-state index contributed by atoms with van der Waals surface area (Å²) in [6, 6.07) is 14.0. The van der Waals surface area contributed by atoms with E-state index in [1.54, 1.807) is 4.90 Å². The number of carbonyl (C=O) groups is 2. The van der Waals surface area contributed by atoms with Gasteiger partial charge in [0.25, 0.3) is 5.91 Å². The Bertz CT molecular complexity index is 1120. The predicted molar refractivity (Wildman–Crippen MR) is 126 cm³/mol. The molecule has 2 N–H and O–H groups in total. The molecule has 0 radical (unpaired) electrons. The number of sulfonamides is 1. The van der Waals surface area contributed by atoms with Crippen LogP contribution in [0.5, 0.6) is 0 Å². The Morgan fingerprint density at radius 1 is 0.848 bits per heavy atom. The molecule has 0 aromatic heterocycles. The highest BCUT2D eigenvalue weighted by Gasteiger charge is 2.32. The van der Waals surface area contributed by atoms with E-state index in [0.717, 1.165) is 13.1 Å². The molecule has 8 nitrogen and oxygen atoms in total. The quantitative estimate of drug-likeness (QED) is 0.734. The van der Waals surface area contributed by atoms with Gasteiger partial charge in [0, 0.05) is 56.4 Å². The molecule has 0 unspecified atom stereocenters. The minimum Gasteiger partial charge on any atom is -0.368 e. The van der Waals surface area contributed by atoms with Gasteiger partial charge >= 0.3 is 0 Å². The molecule has 0 spiro atoms. The number of anilines is 1. The van der Waals surface area contributed by atoms with E-state index in [1.807, 2.05) is 17.0 Å². The fourth-order valence-electron chi connectivity index (χ4n) is 4.64. The molecule has 0 bridgehead atoms. The number of amides is 2. The molecule has 0 saturated carbocycles. The number of primary sulfonamides is 1. The largest absolute Gasteiger partial charge is 0.368 e. The lowest BCUT2D eigenvalue weighted by molar-refractivity contribution is -0.137. The Morgan fingerprint density at radius 2 is 1.45 bits per heavy atom. The number of piperidine rings is 1. The van der Waals surface area contributed by atoms with E-state index in [2.05, 4.69) is 24.0 Å². The van der Waals surface area contributed by atoms with Crippen molar-refractivity contribution < 1.29 is 18.0 Å². The first-order valence-electron chi connectivity index (χ1n) is 11.3. The molecule has 2 fully saturated rings. The standard InChI is InChI=1S/C24H30N4O4S/c1-18-4-2-3-5-22(18)26-14-16-28(17-15-26)24(30)20-10-12-27(13-11-20)23(29)19-6-8-21(9-7-19)33(25,31)32/h2-9,20H,10-17H2,1H3,(H2,25,31,32). The second kappa shape index (κ2) is 9.52. The van der Waals surface area contributed by atoms with Crippen molar-refractivity contribution in [2.45, 2.75) is 24.7 Å². The number of rotatable bonds is 4. The number of benzene rings is 2. The zero-order chi connectivity index (χ0) is 23.6. The summed E-state index contributed by atoms with van der Waals surface area (Å²) in [5.74, 6) is -0.0402. The van der Waals surface area contributed by atoms with Gasteiger partial charge < -0.3 is 14.7 Å². The Hall–Kier alpha value is -2.91. The molecule has 2 aliphatic rings. The number of nitrogens with two attached hydrogens (primary N) is 1. The van der Waals surface area contributed by atoms with E-state index < -0.39 is 10.0 Å². The van der Waals surface area contributed by atoms with Gasteiger partial charge in [-0.2, -0.15) is 0 Å². The fourth-order valence-corrected chi connectivity index (χ4v) is 5.16. The van der Waals surface area contributed by atoms with Gasteiger partial charge in [0.05, 0.1) is 4.90 Å². The molecule has 176 valence electrons. The third-order valence-electron chi connectivity index (χ3n) is 6.61. The summed E-state index contributed by atoms with van der Waals surface area (Å²) in [7, 11) is -3.79. The van der Waals surface area contributed by atoms with Crippen LogP contribution in [-0.2, 0) is 14.8 Å². The van der Waals surface area contributed by atoms with Gasteiger partial charge in [0.15, 0.2) is 0 Å². The topological polar surface area (TPSA) is 104 Å². The molecule has 2 saturated heterocycles. The summed E-state index contributed by atoms with van der Waals surface area (Å²) in [5.41, 5.74) is 2.89. The van der Waals surface area contributed by atoms with E-state index in [-0.39, 0.29) is 22.6 Å². The Balaban J connectivity index is 1.29. The summed E-state index contributed by atoms with van der Waals surface area (Å²) in [4.78, 5) is 31.9. The van der Waals surface area contributed by atoms with E-state index in [4.69, 9.17) is 5.14 Å². The number of aryl methyl sites for hydroxylation is 1. The predicted octanol–water partition coefficient (Wildman–Crippen LogP) is 1.84. The fraction of sp³-hybridized carbons (Fsp3) is 0.417. The molecule has 33 heavy (non-hydrogen) atoms. The molecule has 0 aliphatic carbocycles. The van der Waals surface area contributed by atoms with Gasteiger partial charge in [-0.1, -0.05) is 18.2 Å². The van der Waals surface area contributed by atoms with Crippen LogP contribution in [0.25, 0.3) is 0 Å². The van der Waals surface area contributed by atoms with Crippen LogP contribution in [0.2, 0.25) is 0 Å². The summed E-state index contributed by atoms with van der Waals surface area (Å²) < 4.78 is 22.8. The SMILES string of the molecule is Cc1ccccc1N1CCN(C(=O)C2CCN(C(=O)c3ccc(S(N)(=O)=O)cc3)CC2)CC1. The van der Waals surface area contributed by atoms with Crippen LogP contribution in [0.3, 0.4) is 0 Å². The number of hydrogen-bond donors (Lipinski definition) is 1. The van der Waals surface area contributed by atoms with Crippen molar-refractivity contribution in [1.82, 2.24) is 9.80 Å². The summed E-state index contributed by atoms with van der Waals surface area (Å²) in [5, 5.41) is 5.11. The van der Waals surface area contributed by atoms with Crippen molar-refractivity contribution in [2.75, 3.05) is 44.2 Å².